The molecule has 0 unspecified atom stereocenters. The van der Waals surface area contributed by atoms with Crippen LogP contribution in [0.3, 0.4) is 0 Å². The van der Waals surface area contributed by atoms with Crippen molar-refractivity contribution in [3.63, 3.8) is 0 Å². The molecule has 8 heteroatoms. The first-order chi connectivity index (χ1) is 15.4. The molecule has 2 aliphatic heterocycles. The summed E-state index contributed by atoms with van der Waals surface area (Å²) < 4.78 is 27.1. The van der Waals surface area contributed by atoms with E-state index in [1.807, 2.05) is 12.1 Å². The normalized spacial score (nSPS) is 17.3. The Morgan fingerprint density at radius 2 is 1.66 bits per heavy atom. The second kappa shape index (κ2) is 9.86. The summed E-state index contributed by atoms with van der Waals surface area (Å²) in [5.74, 6) is -2.44. The molecule has 170 valence electrons. The predicted octanol–water partition coefficient (Wildman–Crippen LogP) is 5.10. The minimum Gasteiger partial charge on any atom is -0.370 e. The molecular weight excluding hydrogens is 436 g/mol. The van der Waals surface area contributed by atoms with E-state index in [4.69, 9.17) is 11.6 Å². The number of carbonyl (C=O) groups excluding carboxylic acids is 2. The van der Waals surface area contributed by atoms with Crippen molar-refractivity contribution in [2.45, 2.75) is 32.1 Å². The lowest BCUT2D eigenvalue weighted by molar-refractivity contribution is -0.121. The third-order valence-electron chi connectivity index (χ3n) is 6.23. The molecule has 0 aliphatic carbocycles. The van der Waals surface area contributed by atoms with Gasteiger partial charge in [-0.05, 0) is 62.4 Å². The van der Waals surface area contributed by atoms with Gasteiger partial charge in [0.1, 0.15) is 11.6 Å². The van der Waals surface area contributed by atoms with Gasteiger partial charge in [0.2, 0.25) is 5.91 Å². The van der Waals surface area contributed by atoms with Crippen molar-refractivity contribution in [3.05, 3.63) is 58.6 Å². The Bertz CT molecular complexity index is 1000. The molecule has 2 aromatic rings. The fourth-order valence-electron chi connectivity index (χ4n) is 4.43. The van der Waals surface area contributed by atoms with Crippen LogP contribution in [0.5, 0.6) is 0 Å². The highest BCUT2D eigenvalue weighted by Crippen LogP contribution is 2.32. The molecule has 2 aromatic carbocycles. The highest BCUT2D eigenvalue weighted by Gasteiger charge is 2.29. The Balaban J connectivity index is 1.39. The standard InChI is InChI=1S/C24H26ClF2N3O2/c25-17-4-7-22(29-10-2-1-3-11-29)21(14-17)28-23(31)16-8-12-30(13-9-16)24(32)19-6-5-18(26)15-20(19)27/h4-7,14-16H,1-3,8-13H2,(H,28,31). The van der Waals surface area contributed by atoms with Gasteiger partial charge in [0.15, 0.2) is 0 Å². The molecular formula is C24H26ClF2N3O2. The molecule has 5 nitrogen and oxygen atoms in total. The maximum Gasteiger partial charge on any atom is 0.256 e. The lowest BCUT2D eigenvalue weighted by atomic mass is 9.95. The van der Waals surface area contributed by atoms with E-state index in [1.165, 1.54) is 11.3 Å². The molecule has 2 fully saturated rings. The van der Waals surface area contributed by atoms with Crippen molar-refractivity contribution in [2.24, 2.45) is 5.92 Å². The molecule has 0 bridgehead atoms. The van der Waals surface area contributed by atoms with Crippen molar-refractivity contribution in [1.29, 1.82) is 0 Å². The van der Waals surface area contributed by atoms with Gasteiger partial charge in [-0.1, -0.05) is 11.6 Å². The highest BCUT2D eigenvalue weighted by molar-refractivity contribution is 6.31. The Labute approximate surface area is 191 Å². The van der Waals surface area contributed by atoms with Crippen LogP contribution in [0.1, 0.15) is 42.5 Å². The molecule has 0 saturated carbocycles. The van der Waals surface area contributed by atoms with Crippen molar-refractivity contribution in [1.82, 2.24) is 4.90 Å². The third-order valence-corrected chi connectivity index (χ3v) is 6.46. The number of anilines is 2. The molecule has 1 N–H and O–H groups in total. The topological polar surface area (TPSA) is 52.7 Å². The molecule has 4 rings (SSSR count). The zero-order valence-electron chi connectivity index (χ0n) is 17.8. The van der Waals surface area contributed by atoms with Crippen LogP contribution in [0.2, 0.25) is 5.02 Å². The van der Waals surface area contributed by atoms with E-state index < -0.39 is 17.5 Å². The predicted molar refractivity (Wildman–Crippen MR) is 121 cm³/mol. The van der Waals surface area contributed by atoms with Gasteiger partial charge < -0.3 is 15.1 Å². The van der Waals surface area contributed by atoms with Crippen molar-refractivity contribution in [2.75, 3.05) is 36.4 Å². The summed E-state index contributed by atoms with van der Waals surface area (Å²) >= 11 is 6.19. The zero-order chi connectivity index (χ0) is 22.7. The molecule has 2 amide bonds. The van der Waals surface area contributed by atoms with Crippen LogP contribution in [0.15, 0.2) is 36.4 Å². The number of piperidine rings is 2. The van der Waals surface area contributed by atoms with E-state index in [0.717, 1.165) is 43.8 Å². The number of nitrogens with one attached hydrogen (secondary N) is 1. The summed E-state index contributed by atoms with van der Waals surface area (Å²) in [6.07, 6.45) is 4.40. The summed E-state index contributed by atoms with van der Waals surface area (Å²) in [6, 6.07) is 8.49. The second-order valence-corrected chi connectivity index (χ2v) is 8.83. The van der Waals surface area contributed by atoms with Crippen molar-refractivity contribution >= 4 is 34.8 Å². The Kier molecular flexibility index (Phi) is 6.94. The van der Waals surface area contributed by atoms with Crippen LogP contribution >= 0.6 is 11.6 Å². The summed E-state index contributed by atoms with van der Waals surface area (Å²) in [7, 11) is 0. The fourth-order valence-corrected chi connectivity index (χ4v) is 4.60. The van der Waals surface area contributed by atoms with Gasteiger partial charge in [0.05, 0.1) is 16.9 Å². The first-order valence-electron chi connectivity index (χ1n) is 11.0. The summed E-state index contributed by atoms with van der Waals surface area (Å²) in [4.78, 5) is 29.4. The van der Waals surface area contributed by atoms with E-state index in [2.05, 4.69) is 10.2 Å². The van der Waals surface area contributed by atoms with E-state index in [-0.39, 0.29) is 17.4 Å². The molecule has 0 spiro atoms. The second-order valence-electron chi connectivity index (χ2n) is 8.39. The van der Waals surface area contributed by atoms with E-state index in [9.17, 15) is 18.4 Å². The van der Waals surface area contributed by atoms with Gasteiger partial charge in [-0.2, -0.15) is 0 Å². The Morgan fingerprint density at radius 3 is 2.34 bits per heavy atom. The number of amides is 2. The SMILES string of the molecule is O=C(Nc1cc(Cl)ccc1N1CCCCC1)C1CCN(C(=O)c2ccc(F)cc2F)CC1. The molecule has 2 heterocycles. The molecule has 0 aromatic heterocycles. The smallest absolute Gasteiger partial charge is 0.256 e. The van der Waals surface area contributed by atoms with Crippen molar-refractivity contribution < 1.29 is 18.4 Å². The van der Waals surface area contributed by atoms with E-state index >= 15 is 0 Å². The van der Waals surface area contributed by atoms with Gasteiger partial charge in [0.25, 0.3) is 5.91 Å². The quantitative estimate of drug-likeness (QED) is 0.689. The third kappa shape index (κ3) is 5.04. The molecule has 2 aliphatic rings. The van der Waals surface area contributed by atoms with E-state index in [0.29, 0.717) is 42.7 Å². The molecule has 32 heavy (non-hydrogen) atoms. The number of carbonyl (C=O) groups is 2. The Morgan fingerprint density at radius 1 is 0.938 bits per heavy atom. The van der Waals surface area contributed by atoms with Gasteiger partial charge in [-0.3, -0.25) is 9.59 Å². The lowest BCUT2D eigenvalue weighted by Crippen LogP contribution is -2.41. The number of rotatable bonds is 4. The maximum absolute atomic E-state index is 14.0. The van der Waals surface area contributed by atoms with Gasteiger partial charge in [0, 0.05) is 43.2 Å². The van der Waals surface area contributed by atoms with Crippen LogP contribution < -0.4 is 10.2 Å². The fraction of sp³-hybridized carbons (Fsp3) is 0.417. The number of hydrogen-bond donors (Lipinski definition) is 1. The van der Waals surface area contributed by atoms with Gasteiger partial charge >= 0.3 is 0 Å². The molecule has 0 radical (unpaired) electrons. The molecule has 2 saturated heterocycles. The minimum absolute atomic E-state index is 0.106. The van der Waals surface area contributed by atoms with Crippen LogP contribution in [0, 0.1) is 17.6 Å². The first-order valence-corrected chi connectivity index (χ1v) is 11.4. The molecule has 0 atom stereocenters. The summed E-state index contributed by atoms with van der Waals surface area (Å²) in [5, 5.41) is 3.60. The minimum atomic E-state index is -0.874. The van der Waals surface area contributed by atoms with Crippen LogP contribution in [0.25, 0.3) is 0 Å². The number of halogens is 3. The van der Waals surface area contributed by atoms with Crippen LogP contribution in [-0.2, 0) is 4.79 Å². The highest BCUT2D eigenvalue weighted by atomic mass is 35.5. The van der Waals surface area contributed by atoms with Crippen molar-refractivity contribution in [3.8, 4) is 0 Å². The van der Waals surface area contributed by atoms with E-state index in [1.54, 1.807) is 6.07 Å². The lowest BCUT2D eigenvalue weighted by Gasteiger charge is -2.33. The monoisotopic (exact) mass is 461 g/mol. The zero-order valence-corrected chi connectivity index (χ0v) is 18.5. The largest absolute Gasteiger partial charge is 0.370 e. The van der Waals surface area contributed by atoms with Crippen LogP contribution in [-0.4, -0.2) is 42.9 Å². The number of hydrogen-bond acceptors (Lipinski definition) is 3. The summed E-state index contributed by atoms with van der Waals surface area (Å²) in [6.45, 7) is 2.57. The summed E-state index contributed by atoms with van der Waals surface area (Å²) in [5.41, 5.74) is 1.53. The number of likely N-dealkylation sites (tertiary alicyclic amines) is 1. The Hall–Kier alpha value is -2.67. The number of benzene rings is 2. The van der Waals surface area contributed by atoms with Gasteiger partial charge in [-0.15, -0.1) is 0 Å². The number of nitrogens with zero attached hydrogens (tertiary/aromatic N) is 2. The average molecular weight is 462 g/mol. The average Bonchev–Trinajstić information content (AvgIpc) is 2.79. The maximum atomic E-state index is 14.0. The van der Waals surface area contributed by atoms with Crippen LogP contribution in [0.4, 0.5) is 20.2 Å². The van der Waals surface area contributed by atoms with Gasteiger partial charge in [-0.25, -0.2) is 8.78 Å². The first kappa shape index (κ1) is 22.5.